The topological polar surface area (TPSA) is 64.6 Å². The lowest BCUT2D eigenvalue weighted by Gasteiger charge is -2.13. The Hall–Kier alpha value is -2.11. The highest BCUT2D eigenvalue weighted by molar-refractivity contribution is 5.92. The van der Waals surface area contributed by atoms with Crippen molar-refractivity contribution < 1.29 is 23.5 Å². The van der Waals surface area contributed by atoms with Gasteiger partial charge in [-0.15, -0.1) is 0 Å². The molecule has 20 heavy (non-hydrogen) atoms. The molecule has 1 aromatic rings. The number of rotatable bonds is 5. The lowest BCUT2D eigenvalue weighted by atomic mass is 10.2. The molecule has 5 nitrogen and oxygen atoms in total. The van der Waals surface area contributed by atoms with Crippen molar-refractivity contribution in [3.05, 3.63) is 29.6 Å². The Balaban J connectivity index is 1.96. The predicted octanol–water partition coefficient (Wildman–Crippen LogP) is 1.66. The minimum atomic E-state index is -0.909. The summed E-state index contributed by atoms with van der Waals surface area (Å²) in [4.78, 5) is 23.4. The maximum atomic E-state index is 13.5. The molecule has 108 valence electrons. The lowest BCUT2D eigenvalue weighted by Crippen LogP contribution is -2.37. The number of hydrogen-bond donors (Lipinski definition) is 1. The number of methoxy groups -OCH3 is 1. The van der Waals surface area contributed by atoms with Crippen LogP contribution in [0, 0.1) is 5.82 Å². The second-order valence-electron chi connectivity index (χ2n) is 4.68. The van der Waals surface area contributed by atoms with E-state index < -0.39 is 17.9 Å². The van der Waals surface area contributed by atoms with Crippen LogP contribution in [-0.4, -0.2) is 31.1 Å². The molecular weight excluding hydrogens is 265 g/mol. The van der Waals surface area contributed by atoms with Gasteiger partial charge in [-0.25, -0.2) is 9.18 Å². The Bertz CT molecular complexity index is 528. The van der Waals surface area contributed by atoms with Crippen molar-refractivity contribution in [1.82, 2.24) is 5.32 Å². The Morgan fingerprint density at radius 3 is 2.65 bits per heavy atom. The van der Waals surface area contributed by atoms with Gasteiger partial charge in [-0.05, 0) is 38.0 Å². The van der Waals surface area contributed by atoms with Gasteiger partial charge in [-0.2, -0.15) is 0 Å². The highest BCUT2D eigenvalue weighted by Crippen LogP contribution is 2.20. The van der Waals surface area contributed by atoms with Crippen molar-refractivity contribution in [3.8, 4) is 5.75 Å². The van der Waals surface area contributed by atoms with Gasteiger partial charge in [0.05, 0.1) is 12.7 Å². The first-order valence-corrected chi connectivity index (χ1v) is 6.36. The van der Waals surface area contributed by atoms with Gasteiger partial charge in [0, 0.05) is 6.04 Å². The zero-order valence-electron chi connectivity index (χ0n) is 11.3. The van der Waals surface area contributed by atoms with Crippen LogP contribution in [0.3, 0.4) is 0 Å². The second-order valence-corrected chi connectivity index (χ2v) is 4.68. The Labute approximate surface area is 116 Å². The Morgan fingerprint density at radius 1 is 1.40 bits per heavy atom. The zero-order valence-corrected chi connectivity index (χ0v) is 11.3. The third-order valence-corrected chi connectivity index (χ3v) is 2.96. The molecule has 1 N–H and O–H groups in total. The number of ether oxygens (including phenoxy) is 2. The van der Waals surface area contributed by atoms with Crippen molar-refractivity contribution in [2.24, 2.45) is 0 Å². The number of halogens is 1. The summed E-state index contributed by atoms with van der Waals surface area (Å²) in [6.07, 6.45) is 1.000. The van der Waals surface area contributed by atoms with E-state index >= 15 is 0 Å². The Kier molecular flexibility index (Phi) is 4.22. The molecule has 1 fully saturated rings. The van der Waals surface area contributed by atoms with Crippen LogP contribution in [0.4, 0.5) is 4.39 Å². The van der Waals surface area contributed by atoms with E-state index in [0.29, 0.717) is 0 Å². The fourth-order valence-electron chi connectivity index (χ4n) is 1.62. The van der Waals surface area contributed by atoms with Gasteiger partial charge < -0.3 is 14.8 Å². The Morgan fingerprint density at radius 2 is 2.10 bits per heavy atom. The molecule has 0 aromatic heterocycles. The summed E-state index contributed by atoms with van der Waals surface area (Å²) in [6, 6.07) is 3.94. The first-order chi connectivity index (χ1) is 9.51. The minimum Gasteiger partial charge on any atom is -0.494 e. The first-order valence-electron chi connectivity index (χ1n) is 6.36. The number of nitrogens with one attached hydrogen (secondary N) is 1. The van der Waals surface area contributed by atoms with Crippen LogP contribution in [0.2, 0.25) is 0 Å². The summed E-state index contributed by atoms with van der Waals surface area (Å²) >= 11 is 0. The molecule has 0 radical (unpaired) electrons. The maximum Gasteiger partial charge on any atom is 0.339 e. The van der Waals surface area contributed by atoms with Crippen LogP contribution in [0.5, 0.6) is 5.75 Å². The fourth-order valence-corrected chi connectivity index (χ4v) is 1.62. The van der Waals surface area contributed by atoms with Crippen molar-refractivity contribution in [3.63, 3.8) is 0 Å². The molecule has 1 aliphatic carbocycles. The van der Waals surface area contributed by atoms with Gasteiger partial charge in [-0.1, -0.05) is 0 Å². The molecule has 0 aliphatic heterocycles. The van der Waals surface area contributed by atoms with Gasteiger partial charge >= 0.3 is 5.97 Å². The number of carbonyl (C=O) groups is 2. The summed E-state index contributed by atoms with van der Waals surface area (Å²) in [5.74, 6) is -1.70. The third-order valence-electron chi connectivity index (χ3n) is 2.96. The first kappa shape index (κ1) is 14.3. The van der Waals surface area contributed by atoms with Gasteiger partial charge in [0.2, 0.25) is 0 Å². The van der Waals surface area contributed by atoms with Crippen LogP contribution >= 0.6 is 0 Å². The van der Waals surface area contributed by atoms with Crippen molar-refractivity contribution >= 4 is 11.9 Å². The van der Waals surface area contributed by atoms with E-state index in [1.807, 2.05) is 0 Å². The van der Waals surface area contributed by atoms with E-state index in [1.165, 1.54) is 26.2 Å². The average Bonchev–Trinajstić information content (AvgIpc) is 3.22. The van der Waals surface area contributed by atoms with Crippen LogP contribution in [-0.2, 0) is 9.53 Å². The molecule has 1 aromatic carbocycles. The van der Waals surface area contributed by atoms with Crippen LogP contribution in [0.1, 0.15) is 30.1 Å². The molecule has 1 saturated carbocycles. The standard InChI is InChI=1S/C14H16FNO4/c1-8(13(17)16-10-4-5-10)20-14(18)9-3-6-12(19-2)11(15)7-9/h3,6-8,10H,4-5H2,1-2H3,(H,16,17)/t8-/m1/s1. The molecule has 1 amide bonds. The number of hydrogen-bond acceptors (Lipinski definition) is 4. The molecule has 6 heteroatoms. The van der Waals surface area contributed by atoms with Crippen LogP contribution < -0.4 is 10.1 Å². The smallest absolute Gasteiger partial charge is 0.339 e. The van der Waals surface area contributed by atoms with Crippen molar-refractivity contribution in [2.75, 3.05) is 7.11 Å². The molecule has 0 spiro atoms. The summed E-state index contributed by atoms with van der Waals surface area (Å²) in [5.41, 5.74) is 0.0365. The average molecular weight is 281 g/mol. The van der Waals surface area contributed by atoms with Gasteiger partial charge in [0.1, 0.15) is 0 Å². The quantitative estimate of drug-likeness (QED) is 0.834. The third kappa shape index (κ3) is 3.46. The molecule has 0 unspecified atom stereocenters. The van der Waals surface area contributed by atoms with E-state index in [1.54, 1.807) is 0 Å². The lowest BCUT2D eigenvalue weighted by molar-refractivity contribution is -0.129. The predicted molar refractivity (Wildman–Crippen MR) is 69.0 cm³/mol. The molecule has 0 saturated heterocycles. The number of esters is 1. The van der Waals surface area contributed by atoms with E-state index in [0.717, 1.165) is 18.9 Å². The normalized spacial score (nSPS) is 15.3. The zero-order chi connectivity index (χ0) is 14.7. The fraction of sp³-hybridized carbons (Fsp3) is 0.429. The highest BCUT2D eigenvalue weighted by atomic mass is 19.1. The van der Waals surface area contributed by atoms with E-state index in [9.17, 15) is 14.0 Å². The largest absolute Gasteiger partial charge is 0.494 e. The van der Waals surface area contributed by atoms with Crippen molar-refractivity contribution in [1.29, 1.82) is 0 Å². The molecule has 1 atom stereocenters. The maximum absolute atomic E-state index is 13.5. The number of carbonyl (C=O) groups excluding carboxylic acids is 2. The SMILES string of the molecule is COc1ccc(C(=O)O[C@H](C)C(=O)NC2CC2)cc1F. The summed E-state index contributed by atoms with van der Waals surface area (Å²) in [6.45, 7) is 1.48. The van der Waals surface area contributed by atoms with E-state index in [2.05, 4.69) is 5.32 Å². The van der Waals surface area contributed by atoms with Crippen molar-refractivity contribution in [2.45, 2.75) is 31.9 Å². The van der Waals surface area contributed by atoms with Gasteiger partial charge in [0.15, 0.2) is 17.7 Å². The summed E-state index contributed by atoms with van der Waals surface area (Å²) < 4.78 is 23.2. The number of benzene rings is 1. The van der Waals surface area contributed by atoms with Gasteiger partial charge in [0.25, 0.3) is 5.91 Å². The molecule has 0 bridgehead atoms. The summed E-state index contributed by atoms with van der Waals surface area (Å²) in [5, 5.41) is 2.73. The molecule has 1 aliphatic rings. The van der Waals surface area contributed by atoms with E-state index in [-0.39, 0.29) is 23.3 Å². The van der Waals surface area contributed by atoms with Crippen LogP contribution in [0.15, 0.2) is 18.2 Å². The summed E-state index contributed by atoms with van der Waals surface area (Å²) in [7, 11) is 1.33. The van der Waals surface area contributed by atoms with E-state index in [4.69, 9.17) is 9.47 Å². The van der Waals surface area contributed by atoms with Gasteiger partial charge in [-0.3, -0.25) is 4.79 Å². The molecular formula is C14H16FNO4. The second kappa shape index (κ2) is 5.90. The molecule has 0 heterocycles. The van der Waals surface area contributed by atoms with Crippen LogP contribution in [0.25, 0.3) is 0 Å². The number of amides is 1. The highest BCUT2D eigenvalue weighted by Gasteiger charge is 2.27. The minimum absolute atomic E-state index is 0.0365. The monoisotopic (exact) mass is 281 g/mol. The molecule has 2 rings (SSSR count).